The number of fused-ring (bicyclic) bond motifs is 2. The number of rotatable bonds is 9. The highest BCUT2D eigenvalue weighted by molar-refractivity contribution is 5.92. The van der Waals surface area contributed by atoms with Gasteiger partial charge in [-0.05, 0) is 69.6 Å². The number of carboxylic acids is 1. The van der Waals surface area contributed by atoms with Gasteiger partial charge in [0, 0.05) is 41.4 Å². The Kier molecular flexibility index (Phi) is 7.51. The number of likely N-dealkylation sites (tertiary alicyclic amines) is 1. The number of pyridine rings is 2. The lowest BCUT2D eigenvalue weighted by Crippen LogP contribution is -2.37. The molecule has 9 nitrogen and oxygen atoms in total. The first kappa shape index (κ1) is 27.5. The molecule has 5 heterocycles. The van der Waals surface area contributed by atoms with Gasteiger partial charge in [0.25, 0.3) is 0 Å². The maximum Gasteiger partial charge on any atom is 0.335 e. The van der Waals surface area contributed by atoms with E-state index in [0.717, 1.165) is 78.0 Å². The van der Waals surface area contributed by atoms with Crippen molar-refractivity contribution in [1.29, 1.82) is 0 Å². The lowest BCUT2D eigenvalue weighted by Gasteiger charge is -2.36. The molecule has 1 N–H and O–H groups in total. The third-order valence-electron chi connectivity index (χ3n) is 8.91. The smallest absolute Gasteiger partial charge is 0.335 e. The van der Waals surface area contributed by atoms with Gasteiger partial charge in [-0.15, -0.1) is 0 Å². The van der Waals surface area contributed by atoms with Crippen LogP contribution in [0.15, 0.2) is 72.9 Å². The Morgan fingerprint density at radius 1 is 1.05 bits per heavy atom. The molecule has 2 saturated heterocycles. The molecule has 220 valence electrons. The number of carbonyl (C=O) groups is 1. The fraction of sp³-hybridized carbons (Fsp3) is 0.353. The number of aromatic nitrogens is 4. The van der Waals surface area contributed by atoms with Crippen molar-refractivity contribution in [3.8, 4) is 5.88 Å². The Labute approximate surface area is 250 Å². The number of aromatic carboxylic acids is 1. The maximum atomic E-state index is 11.7. The Hall–Kier alpha value is -4.34. The van der Waals surface area contributed by atoms with Crippen molar-refractivity contribution < 1.29 is 19.4 Å². The first-order chi connectivity index (χ1) is 21.0. The van der Waals surface area contributed by atoms with E-state index < -0.39 is 5.97 Å². The largest absolute Gasteiger partial charge is 0.478 e. The van der Waals surface area contributed by atoms with E-state index in [1.54, 1.807) is 12.1 Å². The lowest BCUT2D eigenvalue weighted by atomic mass is 9.92. The molecule has 2 atom stereocenters. The second-order valence-electron chi connectivity index (χ2n) is 11.5. The Morgan fingerprint density at radius 2 is 1.86 bits per heavy atom. The molecule has 9 heteroatoms. The quantitative estimate of drug-likeness (QED) is 0.228. The highest BCUT2D eigenvalue weighted by Crippen LogP contribution is 2.34. The minimum atomic E-state index is -0.931. The molecular weight excluding hydrogens is 542 g/mol. The van der Waals surface area contributed by atoms with Crippen LogP contribution < -0.4 is 4.74 Å². The number of nitrogens with zero attached hydrogens (tertiary/aromatic N) is 5. The number of carboxylic acid groups (broad SMARTS) is 1. The molecular formula is C34H35N5O4. The molecule has 0 aliphatic carbocycles. The maximum absolute atomic E-state index is 11.7. The molecule has 43 heavy (non-hydrogen) atoms. The zero-order chi connectivity index (χ0) is 29.3. The fourth-order valence-corrected chi connectivity index (χ4v) is 6.34. The number of benzene rings is 2. The first-order valence-corrected chi connectivity index (χ1v) is 15.0. The minimum absolute atomic E-state index is 0.0821. The van der Waals surface area contributed by atoms with Gasteiger partial charge in [0.1, 0.15) is 12.4 Å². The number of ether oxygens (including phenoxy) is 2. The van der Waals surface area contributed by atoms with E-state index in [1.807, 2.05) is 36.5 Å². The Morgan fingerprint density at radius 3 is 2.65 bits per heavy atom. The first-order valence-electron chi connectivity index (χ1n) is 15.0. The van der Waals surface area contributed by atoms with Gasteiger partial charge in [-0.2, -0.15) is 0 Å². The molecule has 2 aliphatic rings. The number of imidazole rings is 1. The summed E-state index contributed by atoms with van der Waals surface area (Å²) in [5.74, 6) is 1.02. The second-order valence-corrected chi connectivity index (χ2v) is 11.5. The zero-order valence-electron chi connectivity index (χ0n) is 24.2. The summed E-state index contributed by atoms with van der Waals surface area (Å²) < 4.78 is 14.1. The standard InChI is InChI=1S/C34H35N5O4/c1-22(33-37-29-11-10-25(34(40)41)19-30(29)39(33)20-27-14-18-42-27)38-16-12-23(13-17-38)28-8-3-9-31(36-28)43-21-26-6-2-5-24-7-4-15-35-32(24)26/h2-11,15,19,22-23,27H,12-14,16-18,20-21H2,1H3,(H,40,41)/t22?,27-/m0/s1. The number of hydrogen-bond acceptors (Lipinski definition) is 7. The molecule has 0 radical (unpaired) electrons. The highest BCUT2D eigenvalue weighted by Gasteiger charge is 2.30. The van der Waals surface area contributed by atoms with Gasteiger partial charge in [0.2, 0.25) is 5.88 Å². The molecule has 2 fully saturated rings. The summed E-state index contributed by atoms with van der Waals surface area (Å²) in [6, 6.07) is 21.5. The average Bonchev–Trinajstić information content (AvgIpc) is 3.39. The van der Waals surface area contributed by atoms with Crippen molar-refractivity contribution >= 4 is 27.9 Å². The van der Waals surface area contributed by atoms with Gasteiger partial charge in [0.15, 0.2) is 0 Å². The van der Waals surface area contributed by atoms with Crippen molar-refractivity contribution in [2.75, 3.05) is 19.7 Å². The van der Waals surface area contributed by atoms with Crippen LogP contribution in [-0.2, 0) is 17.9 Å². The molecule has 7 rings (SSSR count). The topological polar surface area (TPSA) is 103 Å². The predicted octanol–water partition coefficient (Wildman–Crippen LogP) is 5.99. The van der Waals surface area contributed by atoms with E-state index in [-0.39, 0.29) is 17.7 Å². The molecule has 0 spiro atoms. The number of para-hydroxylation sites is 1. The number of hydrogen-bond donors (Lipinski definition) is 1. The molecule has 3 aromatic heterocycles. The van der Waals surface area contributed by atoms with Gasteiger partial charge >= 0.3 is 5.97 Å². The molecule has 0 bridgehead atoms. The Balaban J connectivity index is 1.04. The van der Waals surface area contributed by atoms with Crippen LogP contribution in [0, 0.1) is 0 Å². The van der Waals surface area contributed by atoms with Gasteiger partial charge in [-0.25, -0.2) is 14.8 Å². The summed E-state index contributed by atoms with van der Waals surface area (Å²) in [6.07, 6.45) is 4.93. The van der Waals surface area contributed by atoms with Crippen LogP contribution in [0.3, 0.4) is 0 Å². The highest BCUT2D eigenvalue weighted by atomic mass is 16.5. The van der Waals surface area contributed by atoms with Gasteiger partial charge in [-0.3, -0.25) is 9.88 Å². The third kappa shape index (κ3) is 5.58. The van der Waals surface area contributed by atoms with Crippen LogP contribution >= 0.6 is 0 Å². The lowest BCUT2D eigenvalue weighted by molar-refractivity contribution is -0.0594. The van der Waals surface area contributed by atoms with E-state index in [0.29, 0.717) is 24.9 Å². The Bertz CT molecular complexity index is 1770. The van der Waals surface area contributed by atoms with Crippen LogP contribution in [0.5, 0.6) is 5.88 Å². The normalized spacial score (nSPS) is 18.5. The SMILES string of the molecule is CC(c1nc2ccc(C(=O)O)cc2n1C[C@@H]1CCO1)N1CCC(c2cccc(OCc3cccc4cccnc34)n2)CC1. The fourth-order valence-electron chi connectivity index (χ4n) is 6.34. The molecule has 2 aromatic carbocycles. The summed E-state index contributed by atoms with van der Waals surface area (Å²) in [6.45, 7) is 5.92. The van der Waals surface area contributed by atoms with E-state index in [2.05, 4.69) is 45.6 Å². The predicted molar refractivity (Wildman–Crippen MR) is 163 cm³/mol. The summed E-state index contributed by atoms with van der Waals surface area (Å²) in [5.41, 5.74) is 5.02. The summed E-state index contributed by atoms with van der Waals surface area (Å²) >= 11 is 0. The summed E-state index contributed by atoms with van der Waals surface area (Å²) in [7, 11) is 0. The van der Waals surface area contributed by atoms with Crippen LogP contribution in [0.1, 0.15) is 65.6 Å². The van der Waals surface area contributed by atoms with Gasteiger partial charge in [-0.1, -0.05) is 30.3 Å². The van der Waals surface area contributed by atoms with E-state index in [9.17, 15) is 9.90 Å². The van der Waals surface area contributed by atoms with Crippen molar-refractivity contribution in [2.24, 2.45) is 0 Å². The van der Waals surface area contributed by atoms with Crippen LogP contribution in [0.25, 0.3) is 21.9 Å². The second kappa shape index (κ2) is 11.7. The molecule has 5 aromatic rings. The zero-order valence-corrected chi connectivity index (χ0v) is 24.2. The van der Waals surface area contributed by atoms with E-state index in [1.165, 1.54) is 0 Å². The summed E-state index contributed by atoms with van der Waals surface area (Å²) in [4.78, 5) is 28.6. The van der Waals surface area contributed by atoms with E-state index in [4.69, 9.17) is 19.4 Å². The van der Waals surface area contributed by atoms with Crippen molar-refractivity contribution in [2.45, 2.75) is 57.4 Å². The van der Waals surface area contributed by atoms with Crippen LogP contribution in [0.4, 0.5) is 0 Å². The molecule has 0 amide bonds. The van der Waals surface area contributed by atoms with Crippen molar-refractivity contribution in [3.63, 3.8) is 0 Å². The monoisotopic (exact) mass is 577 g/mol. The molecule has 2 aliphatic heterocycles. The van der Waals surface area contributed by atoms with Crippen molar-refractivity contribution in [3.05, 3.63) is 95.6 Å². The number of piperidine rings is 1. The molecule has 0 saturated carbocycles. The summed E-state index contributed by atoms with van der Waals surface area (Å²) in [5, 5.41) is 10.7. The average molecular weight is 578 g/mol. The van der Waals surface area contributed by atoms with Gasteiger partial charge in [0.05, 0.1) is 40.8 Å². The minimum Gasteiger partial charge on any atom is -0.478 e. The van der Waals surface area contributed by atoms with Gasteiger partial charge < -0.3 is 19.1 Å². The van der Waals surface area contributed by atoms with Crippen LogP contribution in [0.2, 0.25) is 0 Å². The molecule has 1 unspecified atom stereocenters. The van der Waals surface area contributed by atoms with E-state index >= 15 is 0 Å². The van der Waals surface area contributed by atoms with Crippen molar-refractivity contribution in [1.82, 2.24) is 24.4 Å². The third-order valence-corrected chi connectivity index (χ3v) is 8.91. The van der Waals surface area contributed by atoms with Crippen LogP contribution in [-0.4, -0.2) is 61.3 Å².